The minimum Gasteiger partial charge on any atom is -0.461 e. The summed E-state index contributed by atoms with van der Waals surface area (Å²) in [4.78, 5) is 14.1. The van der Waals surface area contributed by atoms with Crippen LogP contribution < -0.4 is 0 Å². The van der Waals surface area contributed by atoms with Crippen molar-refractivity contribution in [1.29, 1.82) is 0 Å². The molecule has 0 bridgehead atoms. The molecule has 1 aromatic carbocycles. The van der Waals surface area contributed by atoms with Gasteiger partial charge in [0.15, 0.2) is 0 Å². The van der Waals surface area contributed by atoms with Crippen molar-refractivity contribution in [2.24, 2.45) is 5.92 Å². The van der Waals surface area contributed by atoms with Gasteiger partial charge in [0.05, 0.1) is 5.92 Å². The predicted molar refractivity (Wildman–Crippen MR) is 75.7 cm³/mol. The van der Waals surface area contributed by atoms with E-state index >= 15 is 0 Å². The molecule has 2 rings (SSSR count). The van der Waals surface area contributed by atoms with Gasteiger partial charge in [-0.3, -0.25) is 9.69 Å². The summed E-state index contributed by atoms with van der Waals surface area (Å²) in [5.74, 6) is -0.0303. The topological polar surface area (TPSA) is 29.5 Å². The van der Waals surface area contributed by atoms with Crippen LogP contribution in [-0.4, -0.2) is 30.1 Å². The molecule has 1 saturated heterocycles. The zero-order valence-electron chi connectivity index (χ0n) is 11.8. The number of nitrogens with zero attached hydrogens (tertiary/aromatic N) is 1. The fourth-order valence-electron chi connectivity index (χ4n) is 2.33. The molecule has 3 heteroatoms. The molecule has 1 unspecified atom stereocenters. The lowest BCUT2D eigenvalue weighted by Gasteiger charge is -2.17. The summed E-state index contributed by atoms with van der Waals surface area (Å²) in [5.41, 5.74) is 1.32. The van der Waals surface area contributed by atoms with E-state index in [-0.39, 0.29) is 18.0 Å². The summed E-state index contributed by atoms with van der Waals surface area (Å²) < 4.78 is 5.55. The van der Waals surface area contributed by atoms with Gasteiger partial charge in [0.1, 0.15) is 6.10 Å². The molecule has 0 saturated carbocycles. The second-order valence-electron chi connectivity index (χ2n) is 5.38. The van der Waals surface area contributed by atoms with E-state index in [4.69, 9.17) is 4.74 Å². The lowest BCUT2D eigenvalue weighted by atomic mass is 10.1. The molecule has 2 atom stereocenters. The zero-order chi connectivity index (χ0) is 13.7. The van der Waals surface area contributed by atoms with Crippen molar-refractivity contribution < 1.29 is 9.53 Å². The molecule has 1 aromatic rings. The minimum absolute atomic E-state index is 0.0168. The Kier molecular flexibility index (Phi) is 4.97. The summed E-state index contributed by atoms with van der Waals surface area (Å²) in [6, 6.07) is 10.4. The largest absolute Gasteiger partial charge is 0.461 e. The normalized spacial score (nSPS) is 21.3. The van der Waals surface area contributed by atoms with Crippen molar-refractivity contribution in [3.05, 3.63) is 35.9 Å². The van der Waals surface area contributed by atoms with Crippen LogP contribution in [-0.2, 0) is 16.1 Å². The maximum atomic E-state index is 11.8. The Balaban J connectivity index is 1.79. The van der Waals surface area contributed by atoms with Crippen molar-refractivity contribution in [3.8, 4) is 0 Å². The highest BCUT2D eigenvalue weighted by atomic mass is 16.5. The van der Waals surface area contributed by atoms with Crippen molar-refractivity contribution >= 4 is 5.97 Å². The van der Waals surface area contributed by atoms with Crippen LogP contribution in [0.5, 0.6) is 0 Å². The van der Waals surface area contributed by atoms with Crippen LogP contribution in [0, 0.1) is 5.92 Å². The fraction of sp³-hybridized carbons (Fsp3) is 0.562. The quantitative estimate of drug-likeness (QED) is 0.763. The first-order valence-electron chi connectivity index (χ1n) is 7.15. The van der Waals surface area contributed by atoms with E-state index in [2.05, 4.69) is 29.2 Å². The first kappa shape index (κ1) is 14.1. The van der Waals surface area contributed by atoms with Crippen molar-refractivity contribution in [2.75, 3.05) is 13.1 Å². The molecule has 1 aliphatic rings. The number of esters is 1. The number of carbonyl (C=O) groups is 1. The third-order valence-electron chi connectivity index (χ3n) is 3.78. The predicted octanol–water partition coefficient (Wildman–Crippen LogP) is 2.85. The van der Waals surface area contributed by atoms with Gasteiger partial charge < -0.3 is 4.74 Å². The molecule has 0 radical (unpaired) electrons. The zero-order valence-corrected chi connectivity index (χ0v) is 11.8. The number of rotatable bonds is 5. The van der Waals surface area contributed by atoms with E-state index in [1.807, 2.05) is 19.9 Å². The molecule has 0 aliphatic carbocycles. The van der Waals surface area contributed by atoms with E-state index in [1.165, 1.54) is 5.56 Å². The summed E-state index contributed by atoms with van der Waals surface area (Å²) >= 11 is 0. The molecular formula is C16H23NO2. The molecule has 0 aromatic heterocycles. The van der Waals surface area contributed by atoms with Crippen LogP contribution in [0.4, 0.5) is 0 Å². The maximum Gasteiger partial charge on any atom is 0.308 e. The van der Waals surface area contributed by atoms with E-state index in [0.29, 0.717) is 0 Å². The monoisotopic (exact) mass is 261 g/mol. The van der Waals surface area contributed by atoms with Crippen molar-refractivity contribution in [2.45, 2.75) is 39.3 Å². The number of benzene rings is 1. The second kappa shape index (κ2) is 6.71. The Morgan fingerprint density at radius 2 is 2.16 bits per heavy atom. The summed E-state index contributed by atoms with van der Waals surface area (Å²) in [6.07, 6.45) is 1.87. The number of hydrogen-bond acceptors (Lipinski definition) is 3. The van der Waals surface area contributed by atoms with Crippen LogP contribution in [0.3, 0.4) is 0 Å². The van der Waals surface area contributed by atoms with E-state index in [0.717, 1.165) is 32.5 Å². The second-order valence-corrected chi connectivity index (χ2v) is 5.38. The molecule has 0 amide bonds. The highest BCUT2D eigenvalue weighted by Gasteiger charge is 2.26. The summed E-state index contributed by atoms with van der Waals surface area (Å²) in [7, 11) is 0. The highest BCUT2D eigenvalue weighted by molar-refractivity contribution is 5.72. The van der Waals surface area contributed by atoms with Gasteiger partial charge in [0.25, 0.3) is 0 Å². The molecule has 1 aliphatic heterocycles. The van der Waals surface area contributed by atoms with Crippen LogP contribution in [0.1, 0.15) is 32.3 Å². The molecular weight excluding hydrogens is 238 g/mol. The molecule has 3 nitrogen and oxygen atoms in total. The Morgan fingerprint density at radius 1 is 1.42 bits per heavy atom. The SMILES string of the molecule is CCC(C)C(=O)O[C@@H]1CCN(Cc2ccccc2)C1. The third-order valence-corrected chi connectivity index (χ3v) is 3.78. The Hall–Kier alpha value is -1.35. The first-order chi connectivity index (χ1) is 9.19. The fourth-order valence-corrected chi connectivity index (χ4v) is 2.33. The Labute approximate surface area is 115 Å². The van der Waals surface area contributed by atoms with Gasteiger partial charge in [-0.1, -0.05) is 44.2 Å². The first-order valence-corrected chi connectivity index (χ1v) is 7.15. The molecule has 0 N–H and O–H groups in total. The van der Waals surface area contributed by atoms with E-state index < -0.39 is 0 Å². The molecule has 19 heavy (non-hydrogen) atoms. The van der Waals surface area contributed by atoms with Gasteiger partial charge in [-0.25, -0.2) is 0 Å². The van der Waals surface area contributed by atoms with Crippen molar-refractivity contribution in [3.63, 3.8) is 0 Å². The molecule has 1 fully saturated rings. The van der Waals surface area contributed by atoms with Gasteiger partial charge >= 0.3 is 5.97 Å². The number of hydrogen-bond donors (Lipinski definition) is 0. The summed E-state index contributed by atoms with van der Waals surface area (Å²) in [6.45, 7) is 6.75. The van der Waals surface area contributed by atoms with Gasteiger partial charge in [-0.2, -0.15) is 0 Å². The highest BCUT2D eigenvalue weighted by Crippen LogP contribution is 2.17. The van der Waals surface area contributed by atoms with E-state index in [9.17, 15) is 4.79 Å². The van der Waals surface area contributed by atoms with Gasteiger partial charge in [0.2, 0.25) is 0 Å². The Morgan fingerprint density at radius 3 is 2.84 bits per heavy atom. The number of carbonyl (C=O) groups excluding carboxylic acids is 1. The number of likely N-dealkylation sites (tertiary alicyclic amines) is 1. The third kappa shape index (κ3) is 4.06. The standard InChI is InChI=1S/C16H23NO2/c1-3-13(2)16(18)19-15-9-10-17(12-15)11-14-7-5-4-6-8-14/h4-8,13,15H,3,9-12H2,1-2H3/t13?,15-/m1/s1. The van der Waals surface area contributed by atoms with Crippen LogP contribution in [0.25, 0.3) is 0 Å². The average molecular weight is 261 g/mol. The lowest BCUT2D eigenvalue weighted by molar-refractivity contribution is -0.152. The van der Waals surface area contributed by atoms with Gasteiger partial charge in [-0.15, -0.1) is 0 Å². The molecule has 104 valence electrons. The van der Waals surface area contributed by atoms with E-state index in [1.54, 1.807) is 0 Å². The summed E-state index contributed by atoms with van der Waals surface area (Å²) in [5, 5.41) is 0. The smallest absolute Gasteiger partial charge is 0.308 e. The molecule has 0 spiro atoms. The minimum atomic E-state index is -0.0472. The Bertz CT molecular complexity index is 404. The van der Waals surface area contributed by atoms with Crippen LogP contribution >= 0.6 is 0 Å². The average Bonchev–Trinajstić information content (AvgIpc) is 2.86. The van der Waals surface area contributed by atoms with Crippen molar-refractivity contribution in [1.82, 2.24) is 4.90 Å². The van der Waals surface area contributed by atoms with Gasteiger partial charge in [0, 0.05) is 19.6 Å². The molecule has 1 heterocycles. The lowest BCUT2D eigenvalue weighted by Crippen LogP contribution is -2.26. The van der Waals surface area contributed by atoms with Crippen LogP contribution in [0.15, 0.2) is 30.3 Å². The maximum absolute atomic E-state index is 11.8. The van der Waals surface area contributed by atoms with Gasteiger partial charge in [-0.05, 0) is 18.4 Å². The van der Waals surface area contributed by atoms with Crippen LogP contribution in [0.2, 0.25) is 0 Å². The number of ether oxygens (including phenoxy) is 1.